The van der Waals surface area contributed by atoms with Crippen molar-refractivity contribution in [3.63, 3.8) is 0 Å². The van der Waals surface area contributed by atoms with E-state index < -0.39 is 0 Å². The normalized spacial score (nSPS) is 15.0. The van der Waals surface area contributed by atoms with Gasteiger partial charge in [0.15, 0.2) is 0 Å². The molecule has 1 amide bonds. The molecule has 0 unspecified atom stereocenters. The number of nitrogens with one attached hydrogen (secondary N) is 1. The average Bonchev–Trinajstić information content (AvgIpc) is 3.19. The van der Waals surface area contributed by atoms with Gasteiger partial charge in [-0.25, -0.2) is 4.98 Å². The number of hydrogen-bond acceptors (Lipinski definition) is 4. The maximum atomic E-state index is 12.0. The Labute approximate surface area is 134 Å². The Balaban J connectivity index is 1.61. The molecule has 0 spiro atoms. The summed E-state index contributed by atoms with van der Waals surface area (Å²) in [4.78, 5) is 16.6. The second kappa shape index (κ2) is 6.92. The van der Waals surface area contributed by atoms with Crippen molar-refractivity contribution in [1.82, 2.24) is 10.3 Å². The summed E-state index contributed by atoms with van der Waals surface area (Å²) in [5.74, 6) is 0.912. The Morgan fingerprint density at radius 2 is 2.05 bits per heavy atom. The highest BCUT2D eigenvalue weighted by atomic mass is 32.1. The van der Waals surface area contributed by atoms with Crippen molar-refractivity contribution in [3.05, 3.63) is 35.3 Å². The van der Waals surface area contributed by atoms with E-state index in [0.717, 1.165) is 34.9 Å². The molecule has 3 rings (SSSR count). The molecular weight excluding hydrogens is 296 g/mol. The summed E-state index contributed by atoms with van der Waals surface area (Å²) in [6, 6.07) is 8.18. The highest BCUT2D eigenvalue weighted by Gasteiger charge is 2.17. The average molecular weight is 316 g/mol. The molecule has 4 nitrogen and oxygen atoms in total. The van der Waals surface area contributed by atoms with E-state index in [2.05, 4.69) is 10.3 Å². The first-order chi connectivity index (χ1) is 10.7. The molecule has 0 aliphatic heterocycles. The molecule has 0 bridgehead atoms. The van der Waals surface area contributed by atoms with Crippen molar-refractivity contribution in [2.24, 2.45) is 0 Å². The SMILES string of the molecule is COc1ccc(-c2nc(CC(=O)NC3CCCC3)cs2)cc1. The van der Waals surface area contributed by atoms with Crippen LogP contribution in [0.25, 0.3) is 10.6 Å². The number of nitrogens with zero attached hydrogens (tertiary/aromatic N) is 1. The van der Waals surface area contributed by atoms with E-state index in [4.69, 9.17) is 4.74 Å². The maximum absolute atomic E-state index is 12.0. The highest BCUT2D eigenvalue weighted by Crippen LogP contribution is 2.26. The van der Waals surface area contributed by atoms with Crippen molar-refractivity contribution < 1.29 is 9.53 Å². The van der Waals surface area contributed by atoms with E-state index in [9.17, 15) is 4.79 Å². The Bertz CT molecular complexity index is 630. The predicted molar refractivity (Wildman–Crippen MR) is 88.2 cm³/mol. The number of carbonyl (C=O) groups excluding carboxylic acids is 1. The van der Waals surface area contributed by atoms with Crippen LogP contribution in [-0.4, -0.2) is 24.0 Å². The van der Waals surface area contributed by atoms with Gasteiger partial charge >= 0.3 is 0 Å². The topological polar surface area (TPSA) is 51.2 Å². The van der Waals surface area contributed by atoms with Crippen LogP contribution in [0, 0.1) is 0 Å². The summed E-state index contributed by atoms with van der Waals surface area (Å²) < 4.78 is 5.16. The molecule has 1 N–H and O–H groups in total. The van der Waals surface area contributed by atoms with Crippen molar-refractivity contribution in [1.29, 1.82) is 0 Å². The van der Waals surface area contributed by atoms with Crippen molar-refractivity contribution in [3.8, 4) is 16.3 Å². The van der Waals surface area contributed by atoms with E-state index in [1.807, 2.05) is 29.6 Å². The molecular formula is C17H20N2O2S. The third kappa shape index (κ3) is 3.65. The third-order valence-electron chi connectivity index (χ3n) is 3.95. The maximum Gasteiger partial charge on any atom is 0.226 e. The van der Waals surface area contributed by atoms with Crippen LogP contribution in [0.4, 0.5) is 0 Å². The van der Waals surface area contributed by atoms with Crippen LogP contribution < -0.4 is 10.1 Å². The molecule has 0 saturated heterocycles. The van der Waals surface area contributed by atoms with Gasteiger partial charge in [0, 0.05) is 17.0 Å². The summed E-state index contributed by atoms with van der Waals surface area (Å²) >= 11 is 1.57. The predicted octanol–water partition coefficient (Wildman–Crippen LogP) is 3.42. The molecule has 1 saturated carbocycles. The lowest BCUT2D eigenvalue weighted by atomic mass is 10.2. The number of ether oxygens (including phenoxy) is 1. The van der Waals surface area contributed by atoms with Crippen LogP contribution in [0.3, 0.4) is 0 Å². The van der Waals surface area contributed by atoms with Crippen molar-refractivity contribution in [2.45, 2.75) is 38.1 Å². The van der Waals surface area contributed by atoms with Gasteiger partial charge < -0.3 is 10.1 Å². The van der Waals surface area contributed by atoms with Crippen LogP contribution in [0.1, 0.15) is 31.4 Å². The first kappa shape index (κ1) is 15.0. The fourth-order valence-corrected chi connectivity index (χ4v) is 3.59. The summed E-state index contributed by atoms with van der Waals surface area (Å²) in [5.41, 5.74) is 1.89. The van der Waals surface area contributed by atoms with E-state index >= 15 is 0 Å². The van der Waals surface area contributed by atoms with Crippen molar-refractivity contribution in [2.75, 3.05) is 7.11 Å². The largest absolute Gasteiger partial charge is 0.497 e. The minimum Gasteiger partial charge on any atom is -0.497 e. The lowest BCUT2D eigenvalue weighted by molar-refractivity contribution is -0.121. The van der Waals surface area contributed by atoms with Gasteiger partial charge in [0.05, 0.1) is 19.2 Å². The van der Waals surface area contributed by atoms with E-state index in [-0.39, 0.29) is 5.91 Å². The molecule has 0 radical (unpaired) electrons. The molecule has 1 aromatic heterocycles. The number of thiazole rings is 1. The number of hydrogen-bond donors (Lipinski definition) is 1. The van der Waals surface area contributed by atoms with Gasteiger partial charge in [-0.1, -0.05) is 12.8 Å². The molecule has 1 aliphatic rings. The lowest BCUT2D eigenvalue weighted by Crippen LogP contribution is -2.33. The number of rotatable bonds is 5. The molecule has 1 heterocycles. The minimum absolute atomic E-state index is 0.0819. The van der Waals surface area contributed by atoms with Gasteiger partial charge in [0.25, 0.3) is 0 Å². The monoisotopic (exact) mass is 316 g/mol. The van der Waals surface area contributed by atoms with Gasteiger partial charge in [0.1, 0.15) is 10.8 Å². The fraction of sp³-hybridized carbons (Fsp3) is 0.412. The zero-order valence-electron chi connectivity index (χ0n) is 12.7. The molecule has 22 heavy (non-hydrogen) atoms. The number of carbonyl (C=O) groups is 1. The molecule has 2 aromatic rings. The zero-order valence-corrected chi connectivity index (χ0v) is 13.5. The van der Waals surface area contributed by atoms with E-state index in [1.165, 1.54) is 12.8 Å². The van der Waals surface area contributed by atoms with Gasteiger partial charge in [-0.2, -0.15) is 0 Å². The summed E-state index contributed by atoms with van der Waals surface area (Å²) in [6.45, 7) is 0. The standard InChI is InChI=1S/C17H20N2O2S/c1-21-15-8-6-12(7-9-15)17-19-14(11-22-17)10-16(20)18-13-4-2-3-5-13/h6-9,11,13H,2-5,10H2,1H3,(H,18,20). The quantitative estimate of drug-likeness (QED) is 0.919. The van der Waals surface area contributed by atoms with Crippen LogP contribution in [0.15, 0.2) is 29.6 Å². The first-order valence-corrected chi connectivity index (χ1v) is 8.51. The van der Waals surface area contributed by atoms with Gasteiger partial charge in [0.2, 0.25) is 5.91 Å². The molecule has 5 heteroatoms. The molecule has 0 atom stereocenters. The Kier molecular flexibility index (Phi) is 4.73. The first-order valence-electron chi connectivity index (χ1n) is 7.63. The van der Waals surface area contributed by atoms with Gasteiger partial charge in [-0.05, 0) is 37.1 Å². The van der Waals surface area contributed by atoms with E-state index in [1.54, 1.807) is 18.4 Å². The Morgan fingerprint density at radius 1 is 1.32 bits per heavy atom. The van der Waals surface area contributed by atoms with Crippen LogP contribution in [0.5, 0.6) is 5.75 Å². The zero-order chi connectivity index (χ0) is 15.4. The van der Waals surface area contributed by atoms with Gasteiger partial charge in [-0.15, -0.1) is 11.3 Å². The third-order valence-corrected chi connectivity index (χ3v) is 4.89. The van der Waals surface area contributed by atoms with E-state index in [0.29, 0.717) is 12.5 Å². The van der Waals surface area contributed by atoms with Gasteiger partial charge in [-0.3, -0.25) is 4.79 Å². The lowest BCUT2D eigenvalue weighted by Gasteiger charge is -2.10. The molecule has 116 valence electrons. The summed E-state index contributed by atoms with van der Waals surface area (Å²) in [7, 11) is 1.65. The second-order valence-corrected chi connectivity index (χ2v) is 6.46. The number of amides is 1. The smallest absolute Gasteiger partial charge is 0.226 e. The summed E-state index contributed by atoms with van der Waals surface area (Å²) in [6.07, 6.45) is 5.04. The Hall–Kier alpha value is -1.88. The second-order valence-electron chi connectivity index (χ2n) is 5.60. The Morgan fingerprint density at radius 3 is 2.73 bits per heavy atom. The molecule has 1 aromatic carbocycles. The number of methoxy groups -OCH3 is 1. The number of benzene rings is 1. The molecule has 1 fully saturated rings. The van der Waals surface area contributed by atoms with Crippen molar-refractivity contribution >= 4 is 17.2 Å². The highest BCUT2D eigenvalue weighted by molar-refractivity contribution is 7.13. The fourth-order valence-electron chi connectivity index (χ4n) is 2.77. The number of aromatic nitrogens is 1. The minimum atomic E-state index is 0.0819. The molecule has 1 aliphatic carbocycles. The van der Waals surface area contributed by atoms with Crippen LogP contribution in [0.2, 0.25) is 0 Å². The van der Waals surface area contributed by atoms with Crippen LogP contribution in [-0.2, 0) is 11.2 Å². The summed E-state index contributed by atoms with van der Waals surface area (Å²) in [5, 5.41) is 6.00. The van der Waals surface area contributed by atoms with Crippen LogP contribution >= 0.6 is 11.3 Å².